The van der Waals surface area contributed by atoms with Crippen LogP contribution in [0, 0.1) is 28.6 Å². The van der Waals surface area contributed by atoms with Gasteiger partial charge in [-0.2, -0.15) is 0 Å². The van der Waals surface area contributed by atoms with Crippen LogP contribution in [0.2, 0.25) is 0 Å². The van der Waals surface area contributed by atoms with Crippen molar-refractivity contribution >= 4 is 0 Å². The second-order valence-electron chi connectivity index (χ2n) is 6.58. The van der Waals surface area contributed by atoms with Crippen molar-refractivity contribution in [2.75, 3.05) is 0 Å². The Bertz CT molecular complexity index is 389. The van der Waals surface area contributed by atoms with Crippen LogP contribution < -0.4 is 0 Å². The van der Waals surface area contributed by atoms with Gasteiger partial charge in [-0.15, -0.1) is 0 Å². The van der Waals surface area contributed by atoms with Crippen molar-refractivity contribution in [3.8, 4) is 0 Å². The Hall–Kier alpha value is -0.520. The zero-order chi connectivity index (χ0) is 10.3. The summed E-state index contributed by atoms with van der Waals surface area (Å²) >= 11 is 0. The molecule has 0 spiro atoms. The number of hydrogen-bond donors (Lipinski definition) is 0. The molecule has 3 saturated carbocycles. The summed E-state index contributed by atoms with van der Waals surface area (Å²) in [5.41, 5.74) is 3.05. The monoisotopic (exact) mass is 200 g/mol. The number of allylic oxidation sites excluding steroid dienone is 4. The zero-order valence-corrected chi connectivity index (χ0v) is 9.79. The maximum atomic E-state index is 2.56. The van der Waals surface area contributed by atoms with Crippen molar-refractivity contribution in [3.63, 3.8) is 0 Å². The van der Waals surface area contributed by atoms with Crippen LogP contribution in [0.1, 0.15) is 39.5 Å². The van der Waals surface area contributed by atoms with Gasteiger partial charge in [0.15, 0.2) is 0 Å². The summed E-state index contributed by atoms with van der Waals surface area (Å²) in [6, 6.07) is 0. The van der Waals surface area contributed by atoms with Gasteiger partial charge in [-0.05, 0) is 61.2 Å². The van der Waals surface area contributed by atoms with Crippen LogP contribution in [0.5, 0.6) is 0 Å². The molecule has 0 aromatic carbocycles. The van der Waals surface area contributed by atoms with E-state index in [0.717, 1.165) is 28.6 Å². The summed E-state index contributed by atoms with van der Waals surface area (Å²) in [6.45, 7) is 4.75. The fraction of sp³-hybridized carbons (Fsp3) is 0.733. The van der Waals surface area contributed by atoms with Crippen LogP contribution in [-0.4, -0.2) is 0 Å². The molecule has 0 radical (unpaired) electrons. The molecule has 5 unspecified atom stereocenters. The molecule has 0 heterocycles. The molecule has 15 heavy (non-hydrogen) atoms. The fourth-order valence-electron chi connectivity index (χ4n) is 5.66. The normalized spacial score (nSPS) is 59.6. The predicted octanol–water partition coefficient (Wildman–Crippen LogP) is 3.95. The Labute approximate surface area is 92.4 Å². The van der Waals surface area contributed by atoms with E-state index in [2.05, 4.69) is 32.1 Å². The third-order valence-electron chi connectivity index (χ3n) is 6.37. The van der Waals surface area contributed by atoms with Gasteiger partial charge in [-0.1, -0.05) is 30.7 Å². The van der Waals surface area contributed by atoms with Crippen LogP contribution in [-0.2, 0) is 0 Å². The van der Waals surface area contributed by atoms with Gasteiger partial charge in [0.2, 0.25) is 0 Å². The predicted molar refractivity (Wildman–Crippen MR) is 62.4 cm³/mol. The third-order valence-corrected chi connectivity index (χ3v) is 6.37. The minimum Gasteiger partial charge on any atom is -0.0800 e. The minimum absolute atomic E-state index is 0.769. The van der Waals surface area contributed by atoms with E-state index in [1.54, 1.807) is 0 Å². The summed E-state index contributed by atoms with van der Waals surface area (Å²) in [5.74, 6) is 2.81. The van der Waals surface area contributed by atoms with Gasteiger partial charge in [0, 0.05) is 0 Å². The third kappa shape index (κ3) is 0.697. The average molecular weight is 200 g/mol. The highest BCUT2D eigenvalue weighted by Crippen LogP contribution is 2.83. The van der Waals surface area contributed by atoms with E-state index in [-0.39, 0.29) is 0 Å². The standard InChI is InChI=1S/C15H20/c1-10-3-4-13-12(7-10)9-14-5-6-15(13,14)8-11(14)2/h3-4,7,11-13H,5-6,8-9H2,1-2H3. The van der Waals surface area contributed by atoms with Gasteiger partial charge in [0.1, 0.15) is 0 Å². The molecule has 80 valence electrons. The molecule has 3 fully saturated rings. The van der Waals surface area contributed by atoms with Gasteiger partial charge < -0.3 is 0 Å². The van der Waals surface area contributed by atoms with E-state index in [4.69, 9.17) is 0 Å². The molecular weight excluding hydrogens is 180 g/mol. The first-order valence-electron chi connectivity index (χ1n) is 6.55. The van der Waals surface area contributed by atoms with Gasteiger partial charge in [-0.25, -0.2) is 0 Å². The lowest BCUT2D eigenvalue weighted by atomic mass is 9.33. The van der Waals surface area contributed by atoms with E-state index in [9.17, 15) is 0 Å². The topological polar surface area (TPSA) is 0 Å². The van der Waals surface area contributed by atoms with Crippen LogP contribution in [0.4, 0.5) is 0 Å². The Morgan fingerprint density at radius 3 is 2.67 bits per heavy atom. The molecule has 0 nitrogen and oxygen atoms in total. The molecule has 4 rings (SSSR count). The highest BCUT2D eigenvalue weighted by Gasteiger charge is 2.75. The van der Waals surface area contributed by atoms with Crippen LogP contribution in [0.15, 0.2) is 23.8 Å². The average Bonchev–Trinajstić information content (AvgIpc) is 2.34. The highest BCUT2D eigenvalue weighted by atomic mass is 14.8. The molecular formula is C15H20. The highest BCUT2D eigenvalue weighted by molar-refractivity contribution is 5.35. The van der Waals surface area contributed by atoms with Crippen molar-refractivity contribution in [1.29, 1.82) is 0 Å². The molecule has 0 bridgehead atoms. The lowest BCUT2D eigenvalue weighted by Crippen LogP contribution is -2.63. The largest absolute Gasteiger partial charge is 0.0800 e. The maximum Gasteiger partial charge on any atom is -0.0105 e. The van der Waals surface area contributed by atoms with E-state index >= 15 is 0 Å². The quantitative estimate of drug-likeness (QED) is 0.555. The SMILES string of the molecule is CC1=CC2CC34CCC3(CC4C)C2C=C1. The lowest BCUT2D eigenvalue weighted by molar-refractivity contribution is -0.215. The second-order valence-corrected chi connectivity index (χ2v) is 6.58. The molecule has 0 N–H and O–H groups in total. The molecule has 0 aromatic heterocycles. The first kappa shape index (κ1) is 8.61. The van der Waals surface area contributed by atoms with Gasteiger partial charge >= 0.3 is 0 Å². The number of fused-ring (bicyclic) bond motifs is 1. The molecule has 4 aliphatic rings. The number of rotatable bonds is 0. The summed E-state index contributed by atoms with van der Waals surface area (Å²) in [5, 5.41) is 0. The summed E-state index contributed by atoms with van der Waals surface area (Å²) in [7, 11) is 0. The molecule has 0 saturated heterocycles. The van der Waals surface area contributed by atoms with E-state index in [1.807, 2.05) is 0 Å². The Kier molecular flexibility index (Phi) is 1.30. The minimum atomic E-state index is 0.769. The smallest absolute Gasteiger partial charge is 0.0105 e. The fourth-order valence-corrected chi connectivity index (χ4v) is 5.66. The van der Waals surface area contributed by atoms with Crippen LogP contribution in [0.25, 0.3) is 0 Å². The van der Waals surface area contributed by atoms with Crippen molar-refractivity contribution < 1.29 is 0 Å². The van der Waals surface area contributed by atoms with Crippen molar-refractivity contribution in [3.05, 3.63) is 23.8 Å². The summed E-state index contributed by atoms with van der Waals surface area (Å²) in [6.07, 6.45) is 13.5. The maximum absolute atomic E-state index is 2.56. The molecule has 5 atom stereocenters. The van der Waals surface area contributed by atoms with E-state index in [1.165, 1.54) is 31.3 Å². The van der Waals surface area contributed by atoms with Crippen molar-refractivity contribution in [2.45, 2.75) is 39.5 Å². The number of hydrogen-bond acceptors (Lipinski definition) is 0. The van der Waals surface area contributed by atoms with Gasteiger partial charge in [0.05, 0.1) is 0 Å². The first-order chi connectivity index (χ1) is 7.18. The lowest BCUT2D eigenvalue weighted by Gasteiger charge is -2.71. The van der Waals surface area contributed by atoms with E-state index < -0.39 is 0 Å². The molecule has 0 heteroatoms. The van der Waals surface area contributed by atoms with Crippen molar-refractivity contribution in [2.24, 2.45) is 28.6 Å². The molecule has 0 aliphatic heterocycles. The van der Waals surface area contributed by atoms with Gasteiger partial charge in [-0.3, -0.25) is 0 Å². The second kappa shape index (κ2) is 2.26. The summed E-state index contributed by atoms with van der Waals surface area (Å²) < 4.78 is 0. The molecule has 0 amide bonds. The van der Waals surface area contributed by atoms with Crippen LogP contribution in [0.3, 0.4) is 0 Å². The van der Waals surface area contributed by atoms with Gasteiger partial charge in [0.25, 0.3) is 0 Å². The summed E-state index contributed by atoms with van der Waals surface area (Å²) in [4.78, 5) is 0. The van der Waals surface area contributed by atoms with Crippen molar-refractivity contribution in [1.82, 2.24) is 0 Å². The molecule has 4 aliphatic carbocycles. The Balaban J connectivity index is 1.79. The zero-order valence-electron chi connectivity index (χ0n) is 9.79. The van der Waals surface area contributed by atoms with Crippen LogP contribution >= 0.6 is 0 Å². The first-order valence-corrected chi connectivity index (χ1v) is 6.55. The Morgan fingerprint density at radius 1 is 1.20 bits per heavy atom. The molecule has 0 aromatic rings. The Morgan fingerprint density at radius 2 is 2.00 bits per heavy atom. The van der Waals surface area contributed by atoms with E-state index in [0.29, 0.717) is 0 Å².